The Morgan fingerprint density at radius 2 is 1.46 bits per heavy atom. The maximum Gasteiger partial charge on any atom is 0.149 e. The molecular formula is C6H5Cl2NO2S2. The summed E-state index contributed by atoms with van der Waals surface area (Å²) in [5.41, 5.74) is 5.65. The van der Waals surface area contributed by atoms with E-state index in [0.717, 1.165) is 0 Å². The molecule has 2 N–H and O–H groups in total. The molecule has 1 aromatic rings. The van der Waals surface area contributed by atoms with Gasteiger partial charge in [0.15, 0.2) is 0 Å². The van der Waals surface area contributed by atoms with Crippen LogP contribution in [0.1, 0.15) is 0 Å². The lowest BCUT2D eigenvalue weighted by atomic mass is 10.3. The second-order valence-corrected chi connectivity index (χ2v) is 5.57. The second-order valence-electron chi connectivity index (χ2n) is 2.11. The standard InChI is InChI=1S/C6H5Cl2NO2S2/c7-12(10)4-2-1-3-5(6(4)9)13(8)11/h1-3H,9H2. The Balaban J connectivity index is 3.35. The van der Waals surface area contributed by atoms with Crippen molar-refractivity contribution in [3.8, 4) is 0 Å². The molecule has 1 aromatic carbocycles. The Bertz CT molecular complexity index is 351. The lowest BCUT2D eigenvalue weighted by Crippen LogP contribution is -1.98. The van der Waals surface area contributed by atoms with Gasteiger partial charge in [0.2, 0.25) is 0 Å². The van der Waals surface area contributed by atoms with Crippen molar-refractivity contribution in [3.63, 3.8) is 0 Å². The largest absolute Gasteiger partial charge is 0.397 e. The monoisotopic (exact) mass is 257 g/mol. The number of anilines is 1. The number of hydrogen-bond acceptors (Lipinski definition) is 3. The third kappa shape index (κ3) is 2.43. The fourth-order valence-electron chi connectivity index (χ4n) is 0.804. The van der Waals surface area contributed by atoms with E-state index < -0.39 is 20.0 Å². The molecule has 0 bridgehead atoms. The van der Waals surface area contributed by atoms with E-state index in [0.29, 0.717) is 0 Å². The van der Waals surface area contributed by atoms with Gasteiger partial charge in [0.1, 0.15) is 20.0 Å². The average Bonchev–Trinajstić information content (AvgIpc) is 2.03. The van der Waals surface area contributed by atoms with Crippen molar-refractivity contribution >= 4 is 47.1 Å². The van der Waals surface area contributed by atoms with Gasteiger partial charge in [0.25, 0.3) is 0 Å². The molecule has 2 atom stereocenters. The lowest BCUT2D eigenvalue weighted by Gasteiger charge is -2.03. The highest BCUT2D eigenvalue weighted by Crippen LogP contribution is 2.26. The first kappa shape index (κ1) is 11.0. The van der Waals surface area contributed by atoms with Crippen LogP contribution in [0.5, 0.6) is 0 Å². The normalized spacial score (nSPS) is 15.2. The molecule has 0 amide bonds. The van der Waals surface area contributed by atoms with E-state index in [1.54, 1.807) is 6.07 Å². The summed E-state index contributed by atoms with van der Waals surface area (Å²) in [7, 11) is 7.24. The Labute approximate surface area is 89.1 Å². The Hall–Kier alpha value is -0.100. The van der Waals surface area contributed by atoms with E-state index in [1.165, 1.54) is 12.1 Å². The number of nitrogen functional groups attached to an aromatic ring is 1. The molecular weight excluding hydrogens is 253 g/mol. The summed E-state index contributed by atoms with van der Waals surface area (Å²) in [4.78, 5) is 0.460. The Kier molecular flexibility index (Phi) is 3.73. The van der Waals surface area contributed by atoms with E-state index >= 15 is 0 Å². The molecule has 0 aliphatic heterocycles. The van der Waals surface area contributed by atoms with E-state index in [2.05, 4.69) is 0 Å². The molecule has 0 saturated heterocycles. The molecule has 0 aromatic heterocycles. The summed E-state index contributed by atoms with van der Waals surface area (Å²) in [6.45, 7) is 0. The molecule has 3 nitrogen and oxygen atoms in total. The predicted molar refractivity (Wildman–Crippen MR) is 55.4 cm³/mol. The van der Waals surface area contributed by atoms with E-state index in [9.17, 15) is 8.42 Å². The molecule has 1 rings (SSSR count). The summed E-state index contributed by atoms with van der Waals surface area (Å²) in [5, 5.41) is 0. The maximum atomic E-state index is 10.9. The summed E-state index contributed by atoms with van der Waals surface area (Å²) in [5.74, 6) is 0. The lowest BCUT2D eigenvalue weighted by molar-refractivity contribution is 0.690. The number of nitrogens with two attached hydrogens (primary N) is 1. The van der Waals surface area contributed by atoms with Crippen LogP contribution in [0.3, 0.4) is 0 Å². The SMILES string of the molecule is Nc1c(S(=O)Cl)cccc1S(=O)Cl. The first-order chi connectivity index (χ1) is 6.04. The van der Waals surface area contributed by atoms with Crippen molar-refractivity contribution in [2.45, 2.75) is 9.79 Å². The molecule has 0 fully saturated rings. The highest BCUT2D eigenvalue weighted by atomic mass is 35.7. The van der Waals surface area contributed by atoms with Crippen LogP contribution >= 0.6 is 21.4 Å². The van der Waals surface area contributed by atoms with E-state index in [1.807, 2.05) is 0 Å². The minimum absolute atomic E-state index is 0.115. The van der Waals surface area contributed by atoms with Crippen LogP contribution in [0, 0.1) is 0 Å². The smallest absolute Gasteiger partial charge is 0.149 e. The molecule has 0 aliphatic rings. The van der Waals surface area contributed by atoms with Gasteiger partial charge in [0.05, 0.1) is 15.5 Å². The zero-order valence-corrected chi connectivity index (χ0v) is 9.34. The number of rotatable bonds is 2. The predicted octanol–water partition coefficient (Wildman–Crippen LogP) is 1.79. The van der Waals surface area contributed by atoms with Crippen LogP contribution < -0.4 is 5.73 Å². The van der Waals surface area contributed by atoms with Gasteiger partial charge >= 0.3 is 0 Å². The van der Waals surface area contributed by atoms with Crippen LogP contribution in [0.25, 0.3) is 0 Å². The first-order valence-corrected chi connectivity index (χ1v) is 7.03. The molecule has 72 valence electrons. The molecule has 0 heterocycles. The van der Waals surface area contributed by atoms with Gasteiger partial charge in [-0.15, -0.1) is 0 Å². The second kappa shape index (κ2) is 4.41. The van der Waals surface area contributed by atoms with Crippen molar-refractivity contribution in [2.75, 3.05) is 5.73 Å². The van der Waals surface area contributed by atoms with Gasteiger partial charge in [0, 0.05) is 0 Å². The zero-order chi connectivity index (χ0) is 10.0. The van der Waals surface area contributed by atoms with Crippen molar-refractivity contribution in [1.29, 1.82) is 0 Å². The summed E-state index contributed by atoms with van der Waals surface area (Å²) >= 11 is 0. The maximum absolute atomic E-state index is 10.9. The van der Waals surface area contributed by atoms with E-state index in [4.69, 9.17) is 27.1 Å². The number of halogens is 2. The van der Waals surface area contributed by atoms with Crippen LogP contribution in [0.2, 0.25) is 0 Å². The van der Waals surface area contributed by atoms with Crippen LogP contribution in [0.15, 0.2) is 28.0 Å². The van der Waals surface area contributed by atoms with Crippen molar-refractivity contribution in [1.82, 2.24) is 0 Å². The van der Waals surface area contributed by atoms with Crippen LogP contribution in [-0.2, 0) is 20.0 Å². The molecule has 2 unspecified atom stereocenters. The topological polar surface area (TPSA) is 60.2 Å². The first-order valence-electron chi connectivity index (χ1n) is 3.08. The zero-order valence-electron chi connectivity index (χ0n) is 6.20. The van der Waals surface area contributed by atoms with E-state index in [-0.39, 0.29) is 15.5 Å². The minimum Gasteiger partial charge on any atom is -0.397 e. The molecule has 0 saturated carbocycles. The van der Waals surface area contributed by atoms with Crippen molar-refractivity contribution < 1.29 is 8.42 Å². The van der Waals surface area contributed by atoms with Gasteiger partial charge in [-0.05, 0) is 33.5 Å². The molecule has 0 spiro atoms. The molecule has 0 aliphatic carbocycles. The third-order valence-electron chi connectivity index (χ3n) is 1.37. The Morgan fingerprint density at radius 1 is 1.08 bits per heavy atom. The summed E-state index contributed by atoms with van der Waals surface area (Å²) in [6, 6.07) is 4.53. The molecule has 7 heteroatoms. The van der Waals surface area contributed by atoms with Gasteiger partial charge in [-0.1, -0.05) is 6.07 Å². The molecule has 0 radical (unpaired) electrons. The molecule has 13 heavy (non-hydrogen) atoms. The summed E-state index contributed by atoms with van der Waals surface area (Å²) in [6.07, 6.45) is 0. The third-order valence-corrected chi connectivity index (χ3v) is 3.77. The number of benzene rings is 1. The van der Waals surface area contributed by atoms with Crippen LogP contribution in [-0.4, -0.2) is 8.42 Å². The summed E-state index contributed by atoms with van der Waals surface area (Å²) < 4.78 is 21.8. The van der Waals surface area contributed by atoms with Crippen LogP contribution in [0.4, 0.5) is 5.69 Å². The highest BCUT2D eigenvalue weighted by molar-refractivity contribution is 8.09. The fourth-order valence-corrected chi connectivity index (χ4v) is 2.61. The van der Waals surface area contributed by atoms with Gasteiger partial charge in [-0.3, -0.25) is 0 Å². The van der Waals surface area contributed by atoms with Gasteiger partial charge in [-0.2, -0.15) is 0 Å². The Morgan fingerprint density at radius 3 is 1.77 bits per heavy atom. The van der Waals surface area contributed by atoms with Crippen molar-refractivity contribution in [2.24, 2.45) is 0 Å². The van der Waals surface area contributed by atoms with Crippen molar-refractivity contribution in [3.05, 3.63) is 18.2 Å². The van der Waals surface area contributed by atoms with Gasteiger partial charge in [-0.25, -0.2) is 8.42 Å². The average molecular weight is 258 g/mol. The quantitative estimate of drug-likeness (QED) is 0.649. The highest BCUT2D eigenvalue weighted by Gasteiger charge is 2.12. The fraction of sp³-hybridized carbons (Fsp3) is 0. The minimum atomic E-state index is -1.71. The van der Waals surface area contributed by atoms with Gasteiger partial charge < -0.3 is 5.73 Å². The number of para-hydroxylation sites is 1. The number of hydrogen-bond donors (Lipinski definition) is 1.